The van der Waals surface area contributed by atoms with Gasteiger partial charge in [0, 0.05) is 23.8 Å². The first kappa shape index (κ1) is 14.5. The van der Waals surface area contributed by atoms with Crippen LogP contribution < -0.4 is 5.32 Å². The molecule has 22 heavy (non-hydrogen) atoms. The summed E-state index contributed by atoms with van der Waals surface area (Å²) in [5, 5.41) is 5.73. The van der Waals surface area contributed by atoms with Crippen LogP contribution in [-0.4, -0.2) is 20.3 Å². The maximum atomic E-state index is 11.8. The van der Waals surface area contributed by atoms with Crippen LogP contribution in [0, 0.1) is 13.8 Å². The van der Waals surface area contributed by atoms with Crippen LogP contribution in [0.15, 0.2) is 36.0 Å². The SMILES string of the molecule is Cc1ccc2nc(CNC(=O)C=Cc3csc(C)n3)cn2c1. The van der Waals surface area contributed by atoms with E-state index in [2.05, 4.69) is 15.3 Å². The highest BCUT2D eigenvalue weighted by Gasteiger charge is 2.03. The molecule has 0 fully saturated rings. The van der Waals surface area contributed by atoms with Crippen molar-refractivity contribution in [2.24, 2.45) is 0 Å². The molecule has 5 nitrogen and oxygen atoms in total. The van der Waals surface area contributed by atoms with Crippen molar-refractivity contribution < 1.29 is 4.79 Å². The zero-order chi connectivity index (χ0) is 15.5. The molecule has 3 aromatic rings. The Kier molecular flexibility index (Phi) is 4.02. The van der Waals surface area contributed by atoms with Crippen LogP contribution in [0.1, 0.15) is 22.0 Å². The molecule has 0 aliphatic heterocycles. The number of fused-ring (bicyclic) bond motifs is 1. The number of hydrogen-bond acceptors (Lipinski definition) is 4. The van der Waals surface area contributed by atoms with E-state index >= 15 is 0 Å². The number of hydrogen-bond donors (Lipinski definition) is 1. The molecule has 0 saturated heterocycles. The maximum absolute atomic E-state index is 11.8. The van der Waals surface area contributed by atoms with Crippen molar-refractivity contribution in [1.29, 1.82) is 0 Å². The fourth-order valence-corrected chi connectivity index (χ4v) is 2.68. The van der Waals surface area contributed by atoms with Gasteiger partial charge in [0.2, 0.25) is 5.91 Å². The van der Waals surface area contributed by atoms with E-state index in [1.54, 1.807) is 17.4 Å². The summed E-state index contributed by atoms with van der Waals surface area (Å²) < 4.78 is 1.96. The van der Waals surface area contributed by atoms with Crippen molar-refractivity contribution in [3.05, 3.63) is 57.9 Å². The van der Waals surface area contributed by atoms with Gasteiger partial charge in [-0.3, -0.25) is 4.79 Å². The average molecular weight is 312 g/mol. The summed E-state index contributed by atoms with van der Waals surface area (Å²) in [6.07, 6.45) is 7.15. The van der Waals surface area contributed by atoms with Gasteiger partial charge in [-0.15, -0.1) is 11.3 Å². The quantitative estimate of drug-likeness (QED) is 0.754. The Morgan fingerprint density at radius 2 is 2.18 bits per heavy atom. The number of carbonyl (C=O) groups excluding carboxylic acids is 1. The molecule has 0 aromatic carbocycles. The lowest BCUT2D eigenvalue weighted by atomic mass is 10.3. The van der Waals surface area contributed by atoms with E-state index in [0.717, 1.165) is 22.0 Å². The van der Waals surface area contributed by atoms with Gasteiger partial charge in [-0.25, -0.2) is 9.97 Å². The molecular formula is C16H16N4OS. The maximum Gasteiger partial charge on any atom is 0.244 e. The van der Waals surface area contributed by atoms with E-state index in [1.807, 2.05) is 48.2 Å². The third-order valence-corrected chi connectivity index (χ3v) is 3.93. The van der Waals surface area contributed by atoms with Crippen molar-refractivity contribution in [3.63, 3.8) is 0 Å². The zero-order valence-corrected chi connectivity index (χ0v) is 13.2. The molecule has 1 N–H and O–H groups in total. The lowest BCUT2D eigenvalue weighted by Crippen LogP contribution is -2.20. The van der Waals surface area contributed by atoms with Crippen molar-refractivity contribution in [3.8, 4) is 0 Å². The minimum Gasteiger partial charge on any atom is -0.347 e. The van der Waals surface area contributed by atoms with Crippen molar-refractivity contribution in [1.82, 2.24) is 19.7 Å². The first-order valence-corrected chi connectivity index (χ1v) is 7.80. The van der Waals surface area contributed by atoms with Crippen LogP contribution >= 0.6 is 11.3 Å². The smallest absolute Gasteiger partial charge is 0.244 e. The number of rotatable bonds is 4. The number of pyridine rings is 1. The minimum atomic E-state index is -0.154. The van der Waals surface area contributed by atoms with E-state index in [0.29, 0.717) is 6.54 Å². The first-order valence-electron chi connectivity index (χ1n) is 6.92. The Morgan fingerprint density at radius 3 is 2.95 bits per heavy atom. The largest absolute Gasteiger partial charge is 0.347 e. The third kappa shape index (κ3) is 3.40. The summed E-state index contributed by atoms with van der Waals surface area (Å²) in [7, 11) is 0. The summed E-state index contributed by atoms with van der Waals surface area (Å²) in [4.78, 5) is 20.5. The Morgan fingerprint density at radius 1 is 1.32 bits per heavy atom. The number of aryl methyl sites for hydroxylation is 2. The highest BCUT2D eigenvalue weighted by molar-refractivity contribution is 7.09. The summed E-state index contributed by atoms with van der Waals surface area (Å²) in [5.74, 6) is -0.154. The van der Waals surface area contributed by atoms with Crippen LogP contribution in [0.4, 0.5) is 0 Å². The van der Waals surface area contributed by atoms with Gasteiger partial charge >= 0.3 is 0 Å². The molecule has 6 heteroatoms. The van der Waals surface area contributed by atoms with E-state index < -0.39 is 0 Å². The number of aromatic nitrogens is 3. The lowest BCUT2D eigenvalue weighted by molar-refractivity contribution is -0.116. The monoisotopic (exact) mass is 312 g/mol. The summed E-state index contributed by atoms with van der Waals surface area (Å²) in [5.41, 5.74) is 3.68. The summed E-state index contributed by atoms with van der Waals surface area (Å²) in [6.45, 7) is 4.37. The number of carbonyl (C=O) groups is 1. The average Bonchev–Trinajstić information content (AvgIpc) is 3.08. The lowest BCUT2D eigenvalue weighted by Gasteiger charge is -1.97. The van der Waals surface area contributed by atoms with Crippen LogP contribution in [0.25, 0.3) is 11.7 Å². The molecule has 3 heterocycles. The molecule has 0 aliphatic rings. The Labute approximate surface area is 132 Å². The normalized spacial score (nSPS) is 11.4. The second-order valence-corrected chi connectivity index (χ2v) is 6.11. The van der Waals surface area contributed by atoms with Crippen LogP contribution in [0.3, 0.4) is 0 Å². The second kappa shape index (κ2) is 6.11. The summed E-state index contributed by atoms with van der Waals surface area (Å²) in [6, 6.07) is 3.98. The third-order valence-electron chi connectivity index (χ3n) is 3.13. The van der Waals surface area contributed by atoms with Crippen molar-refractivity contribution in [2.75, 3.05) is 0 Å². The molecule has 0 saturated carbocycles. The van der Waals surface area contributed by atoms with Gasteiger partial charge in [0.05, 0.1) is 22.9 Å². The fraction of sp³-hybridized carbons (Fsp3) is 0.188. The van der Waals surface area contributed by atoms with Crippen LogP contribution in [0.2, 0.25) is 0 Å². The molecule has 0 spiro atoms. The molecular weight excluding hydrogens is 296 g/mol. The van der Waals surface area contributed by atoms with E-state index in [9.17, 15) is 4.79 Å². The number of nitrogens with zero attached hydrogens (tertiary/aromatic N) is 3. The van der Waals surface area contributed by atoms with Crippen LogP contribution in [-0.2, 0) is 11.3 Å². The molecule has 0 aliphatic carbocycles. The number of nitrogens with one attached hydrogen (secondary N) is 1. The summed E-state index contributed by atoms with van der Waals surface area (Å²) >= 11 is 1.56. The molecule has 1 amide bonds. The van der Waals surface area contributed by atoms with Crippen molar-refractivity contribution in [2.45, 2.75) is 20.4 Å². The van der Waals surface area contributed by atoms with Gasteiger partial charge in [0.15, 0.2) is 0 Å². The minimum absolute atomic E-state index is 0.154. The highest BCUT2D eigenvalue weighted by atomic mass is 32.1. The molecule has 3 rings (SSSR count). The second-order valence-electron chi connectivity index (χ2n) is 5.05. The van der Waals surface area contributed by atoms with Gasteiger partial charge in [-0.2, -0.15) is 0 Å². The van der Waals surface area contributed by atoms with E-state index in [4.69, 9.17) is 0 Å². The Bertz CT molecular complexity index is 847. The topological polar surface area (TPSA) is 59.3 Å². The predicted octanol–water partition coefficient (Wildman–Crippen LogP) is 2.74. The van der Waals surface area contributed by atoms with Gasteiger partial charge < -0.3 is 9.72 Å². The number of thiazole rings is 1. The predicted molar refractivity (Wildman–Crippen MR) is 87.7 cm³/mol. The van der Waals surface area contributed by atoms with Gasteiger partial charge in [-0.05, 0) is 31.6 Å². The highest BCUT2D eigenvalue weighted by Crippen LogP contribution is 2.09. The number of amides is 1. The molecule has 0 atom stereocenters. The van der Waals surface area contributed by atoms with Crippen molar-refractivity contribution >= 4 is 29.0 Å². The van der Waals surface area contributed by atoms with E-state index in [1.165, 1.54) is 11.6 Å². The Balaban J connectivity index is 1.61. The zero-order valence-electron chi connectivity index (χ0n) is 12.4. The Hall–Kier alpha value is -2.47. The van der Waals surface area contributed by atoms with Gasteiger partial charge in [0.25, 0.3) is 0 Å². The standard InChI is InChI=1S/C16H16N4OS/c1-11-3-5-15-19-14(9-20(15)8-11)7-17-16(21)6-4-13-10-22-12(2)18-13/h3-6,8-10H,7H2,1-2H3,(H,17,21). The first-order chi connectivity index (χ1) is 10.6. The van der Waals surface area contributed by atoms with Gasteiger partial charge in [-0.1, -0.05) is 6.07 Å². The van der Waals surface area contributed by atoms with E-state index in [-0.39, 0.29) is 5.91 Å². The molecule has 112 valence electrons. The molecule has 0 bridgehead atoms. The number of imidazole rings is 1. The molecule has 0 unspecified atom stereocenters. The molecule has 3 aromatic heterocycles. The fourth-order valence-electron chi connectivity index (χ4n) is 2.10. The molecule has 0 radical (unpaired) electrons. The van der Waals surface area contributed by atoms with Gasteiger partial charge in [0.1, 0.15) is 5.65 Å². The van der Waals surface area contributed by atoms with Crippen LogP contribution in [0.5, 0.6) is 0 Å².